The lowest BCUT2D eigenvalue weighted by molar-refractivity contribution is 0.0342. The van der Waals surface area contributed by atoms with Crippen LogP contribution >= 0.6 is 0 Å². The van der Waals surface area contributed by atoms with E-state index in [1.165, 1.54) is 5.56 Å². The first kappa shape index (κ1) is 19.0. The van der Waals surface area contributed by atoms with Crippen LogP contribution < -0.4 is 5.32 Å². The standard InChI is InChI=1S/C21H29N5O2/c27-21(26-9-2-1-6-19(26)20-22-7-8-23-20)24-15-17-4-3-5-18(14-17)16-25-10-12-28-13-11-25/h3-5,7-8,14,19H,1-2,6,9-13,15-16H2,(H,22,23)(H,24,27). The topological polar surface area (TPSA) is 73.5 Å². The fraction of sp³-hybridized carbons (Fsp3) is 0.524. The van der Waals surface area contributed by atoms with Gasteiger partial charge in [-0.15, -0.1) is 0 Å². The van der Waals surface area contributed by atoms with Gasteiger partial charge in [0.1, 0.15) is 5.82 Å². The maximum atomic E-state index is 12.8. The van der Waals surface area contributed by atoms with Crippen molar-refractivity contribution in [2.45, 2.75) is 38.4 Å². The summed E-state index contributed by atoms with van der Waals surface area (Å²) in [5.41, 5.74) is 2.41. The van der Waals surface area contributed by atoms with Gasteiger partial charge in [-0.05, 0) is 30.4 Å². The first-order valence-electron chi connectivity index (χ1n) is 10.2. The van der Waals surface area contributed by atoms with Crippen molar-refractivity contribution < 1.29 is 9.53 Å². The Balaban J connectivity index is 1.34. The summed E-state index contributed by atoms with van der Waals surface area (Å²) in [6.07, 6.45) is 6.69. The molecule has 2 aliphatic heterocycles. The maximum absolute atomic E-state index is 12.8. The fourth-order valence-electron chi connectivity index (χ4n) is 4.05. The largest absolute Gasteiger partial charge is 0.379 e. The second-order valence-electron chi connectivity index (χ2n) is 7.55. The SMILES string of the molecule is O=C(NCc1cccc(CN2CCOCC2)c1)N1CCCCC1c1ncc[nH]1. The molecule has 1 aromatic heterocycles. The summed E-state index contributed by atoms with van der Waals surface area (Å²) in [5, 5.41) is 3.10. The number of morpholine rings is 1. The predicted molar refractivity (Wildman–Crippen MR) is 107 cm³/mol. The van der Waals surface area contributed by atoms with Crippen LogP contribution in [-0.2, 0) is 17.8 Å². The molecule has 0 spiro atoms. The number of nitrogens with one attached hydrogen (secondary N) is 2. The number of likely N-dealkylation sites (tertiary alicyclic amines) is 1. The molecule has 0 aliphatic carbocycles. The first-order chi connectivity index (χ1) is 13.8. The molecule has 7 nitrogen and oxygen atoms in total. The van der Waals surface area contributed by atoms with Crippen molar-refractivity contribution in [3.05, 3.63) is 53.6 Å². The number of carbonyl (C=O) groups excluding carboxylic acids is 1. The molecule has 2 saturated heterocycles. The number of hydrogen-bond donors (Lipinski definition) is 2. The van der Waals surface area contributed by atoms with E-state index in [4.69, 9.17) is 4.74 Å². The fourth-order valence-corrected chi connectivity index (χ4v) is 4.05. The summed E-state index contributed by atoms with van der Waals surface area (Å²) in [6, 6.07) is 8.51. The molecule has 2 fully saturated rings. The van der Waals surface area contributed by atoms with Gasteiger partial charge in [0.15, 0.2) is 0 Å². The monoisotopic (exact) mass is 383 g/mol. The number of hydrogen-bond acceptors (Lipinski definition) is 4. The van der Waals surface area contributed by atoms with Crippen molar-refractivity contribution in [3.8, 4) is 0 Å². The van der Waals surface area contributed by atoms with Crippen LogP contribution in [-0.4, -0.2) is 58.6 Å². The van der Waals surface area contributed by atoms with E-state index in [-0.39, 0.29) is 12.1 Å². The van der Waals surface area contributed by atoms with Gasteiger partial charge in [0.2, 0.25) is 0 Å². The van der Waals surface area contributed by atoms with Crippen LogP contribution in [0.3, 0.4) is 0 Å². The highest BCUT2D eigenvalue weighted by molar-refractivity contribution is 5.74. The zero-order chi connectivity index (χ0) is 19.2. The van der Waals surface area contributed by atoms with E-state index in [2.05, 4.69) is 44.5 Å². The molecule has 150 valence electrons. The zero-order valence-electron chi connectivity index (χ0n) is 16.3. The minimum absolute atomic E-state index is 0.0142. The second kappa shape index (κ2) is 9.21. The molecule has 1 aromatic carbocycles. The number of nitrogens with zero attached hydrogens (tertiary/aromatic N) is 3. The summed E-state index contributed by atoms with van der Waals surface area (Å²) in [6.45, 7) is 5.81. The number of amides is 2. The third-order valence-corrected chi connectivity index (χ3v) is 5.54. The number of H-pyrrole nitrogens is 1. The Kier molecular flexibility index (Phi) is 6.24. The van der Waals surface area contributed by atoms with Crippen LogP contribution in [0.1, 0.15) is 42.3 Å². The number of carbonyl (C=O) groups is 1. The van der Waals surface area contributed by atoms with E-state index < -0.39 is 0 Å². The van der Waals surface area contributed by atoms with Gasteiger partial charge >= 0.3 is 6.03 Å². The molecule has 2 aromatic rings. The van der Waals surface area contributed by atoms with Crippen molar-refractivity contribution in [3.63, 3.8) is 0 Å². The van der Waals surface area contributed by atoms with E-state index in [0.717, 1.165) is 70.0 Å². The number of benzene rings is 1. The number of imidazole rings is 1. The molecule has 3 heterocycles. The molecule has 4 rings (SSSR count). The lowest BCUT2D eigenvalue weighted by atomic mass is 10.0. The summed E-state index contributed by atoms with van der Waals surface area (Å²) < 4.78 is 5.42. The lowest BCUT2D eigenvalue weighted by Crippen LogP contribution is -2.44. The minimum Gasteiger partial charge on any atom is -0.379 e. The Labute approximate surface area is 166 Å². The summed E-state index contributed by atoms with van der Waals surface area (Å²) in [7, 11) is 0. The van der Waals surface area contributed by atoms with Crippen LogP contribution in [0.4, 0.5) is 4.79 Å². The molecular weight excluding hydrogens is 354 g/mol. The lowest BCUT2D eigenvalue weighted by Gasteiger charge is -2.34. The maximum Gasteiger partial charge on any atom is 0.318 e. The second-order valence-corrected chi connectivity index (χ2v) is 7.55. The Morgan fingerprint density at radius 2 is 2.07 bits per heavy atom. The van der Waals surface area contributed by atoms with Crippen molar-refractivity contribution in [1.29, 1.82) is 0 Å². The van der Waals surface area contributed by atoms with Gasteiger partial charge in [0.25, 0.3) is 0 Å². The average Bonchev–Trinajstić information content (AvgIpc) is 3.28. The van der Waals surface area contributed by atoms with Crippen molar-refractivity contribution in [2.75, 3.05) is 32.8 Å². The molecule has 28 heavy (non-hydrogen) atoms. The number of rotatable bonds is 5. The van der Waals surface area contributed by atoms with Gasteiger partial charge in [0, 0.05) is 45.1 Å². The number of piperidine rings is 1. The van der Waals surface area contributed by atoms with Crippen LogP contribution in [0.5, 0.6) is 0 Å². The highest BCUT2D eigenvalue weighted by Crippen LogP contribution is 2.28. The summed E-state index contributed by atoms with van der Waals surface area (Å²) >= 11 is 0. The van der Waals surface area contributed by atoms with Crippen LogP contribution in [0, 0.1) is 0 Å². The predicted octanol–water partition coefficient (Wildman–Crippen LogP) is 2.68. The number of aromatic amines is 1. The van der Waals surface area contributed by atoms with Gasteiger partial charge in [-0.2, -0.15) is 0 Å². The smallest absolute Gasteiger partial charge is 0.318 e. The van der Waals surface area contributed by atoms with E-state index in [9.17, 15) is 4.79 Å². The molecule has 0 bridgehead atoms. The van der Waals surface area contributed by atoms with Gasteiger partial charge in [-0.3, -0.25) is 4.90 Å². The molecule has 2 amide bonds. The number of aromatic nitrogens is 2. The first-order valence-corrected chi connectivity index (χ1v) is 10.2. The third-order valence-electron chi connectivity index (χ3n) is 5.54. The van der Waals surface area contributed by atoms with E-state index in [0.29, 0.717) is 6.54 Å². The van der Waals surface area contributed by atoms with E-state index >= 15 is 0 Å². The molecule has 0 radical (unpaired) electrons. The average molecular weight is 383 g/mol. The highest BCUT2D eigenvalue weighted by atomic mass is 16.5. The van der Waals surface area contributed by atoms with Crippen LogP contribution in [0.25, 0.3) is 0 Å². The molecule has 2 N–H and O–H groups in total. The quantitative estimate of drug-likeness (QED) is 0.833. The van der Waals surface area contributed by atoms with Crippen LogP contribution in [0.2, 0.25) is 0 Å². The molecule has 7 heteroatoms. The molecule has 1 atom stereocenters. The molecular formula is C21H29N5O2. The van der Waals surface area contributed by atoms with Crippen molar-refractivity contribution >= 4 is 6.03 Å². The normalized spacial score (nSPS) is 20.9. The van der Waals surface area contributed by atoms with Gasteiger partial charge in [-0.25, -0.2) is 9.78 Å². The van der Waals surface area contributed by atoms with Gasteiger partial charge < -0.3 is 19.9 Å². The number of ether oxygens (including phenoxy) is 1. The van der Waals surface area contributed by atoms with E-state index in [1.54, 1.807) is 6.20 Å². The molecule has 2 aliphatic rings. The van der Waals surface area contributed by atoms with Crippen molar-refractivity contribution in [2.24, 2.45) is 0 Å². The van der Waals surface area contributed by atoms with E-state index in [1.807, 2.05) is 11.1 Å². The minimum atomic E-state index is -0.0142. The number of urea groups is 1. The Morgan fingerprint density at radius 3 is 2.89 bits per heavy atom. The summed E-state index contributed by atoms with van der Waals surface area (Å²) in [5.74, 6) is 0.877. The Hall–Kier alpha value is -2.38. The van der Waals surface area contributed by atoms with Gasteiger partial charge in [0.05, 0.1) is 19.3 Å². The molecule has 1 unspecified atom stereocenters. The summed E-state index contributed by atoms with van der Waals surface area (Å²) in [4.78, 5) is 24.7. The zero-order valence-corrected chi connectivity index (χ0v) is 16.3. The Morgan fingerprint density at radius 1 is 1.21 bits per heavy atom. The Bertz CT molecular complexity index is 758. The highest BCUT2D eigenvalue weighted by Gasteiger charge is 2.29. The van der Waals surface area contributed by atoms with Crippen LogP contribution in [0.15, 0.2) is 36.7 Å². The molecule has 0 saturated carbocycles. The third kappa shape index (κ3) is 4.72. The van der Waals surface area contributed by atoms with Gasteiger partial charge in [-0.1, -0.05) is 24.3 Å². The van der Waals surface area contributed by atoms with Crippen molar-refractivity contribution in [1.82, 2.24) is 25.1 Å².